The van der Waals surface area contributed by atoms with E-state index in [1.54, 1.807) is 0 Å². The Kier molecular flexibility index (Phi) is 6.12. The van der Waals surface area contributed by atoms with E-state index in [9.17, 15) is 4.79 Å². The number of hydrogen-bond acceptors (Lipinski definition) is 2. The Balaban J connectivity index is 0.00000169. The standard InChI is InChI=1S/C11H12O2.CH4/c1-10(12)13-9-5-8-11-6-3-2-4-7-11;/h2-8H,9H2,1H3;1H4/b8-5+;. The van der Waals surface area contributed by atoms with Crippen molar-refractivity contribution in [2.75, 3.05) is 6.61 Å². The molecule has 0 radical (unpaired) electrons. The summed E-state index contributed by atoms with van der Waals surface area (Å²) in [7, 11) is 0. The van der Waals surface area contributed by atoms with Crippen molar-refractivity contribution in [1.29, 1.82) is 0 Å². The van der Waals surface area contributed by atoms with Gasteiger partial charge in [0.15, 0.2) is 0 Å². The molecule has 0 saturated heterocycles. The highest BCUT2D eigenvalue weighted by Crippen LogP contribution is 2.00. The van der Waals surface area contributed by atoms with Crippen molar-refractivity contribution in [2.24, 2.45) is 0 Å². The Morgan fingerprint density at radius 2 is 2.00 bits per heavy atom. The molecule has 1 aromatic rings. The van der Waals surface area contributed by atoms with Gasteiger partial charge in [0.2, 0.25) is 0 Å². The van der Waals surface area contributed by atoms with Crippen molar-refractivity contribution in [2.45, 2.75) is 14.4 Å². The van der Waals surface area contributed by atoms with Crippen molar-refractivity contribution in [3.63, 3.8) is 0 Å². The third kappa shape index (κ3) is 5.14. The van der Waals surface area contributed by atoms with Crippen LogP contribution in [0, 0.1) is 0 Å². The SMILES string of the molecule is C.CC(=O)OC/C=C/c1ccccc1. The molecular weight excluding hydrogens is 176 g/mol. The molecule has 0 bridgehead atoms. The first-order chi connectivity index (χ1) is 6.29. The number of esters is 1. The fraction of sp³-hybridized carbons (Fsp3) is 0.250. The van der Waals surface area contributed by atoms with Gasteiger partial charge in [-0.25, -0.2) is 0 Å². The minimum Gasteiger partial charge on any atom is -0.462 e. The van der Waals surface area contributed by atoms with Crippen LogP contribution in [0.25, 0.3) is 6.08 Å². The molecule has 1 rings (SSSR count). The Morgan fingerprint density at radius 3 is 2.57 bits per heavy atom. The summed E-state index contributed by atoms with van der Waals surface area (Å²) >= 11 is 0. The van der Waals surface area contributed by atoms with Crippen molar-refractivity contribution in [1.82, 2.24) is 0 Å². The number of carbonyl (C=O) groups is 1. The minimum absolute atomic E-state index is 0. The monoisotopic (exact) mass is 192 g/mol. The second-order valence-corrected chi connectivity index (χ2v) is 2.62. The lowest BCUT2D eigenvalue weighted by molar-refractivity contribution is -0.139. The van der Waals surface area contributed by atoms with E-state index in [0.717, 1.165) is 5.56 Å². The van der Waals surface area contributed by atoms with Crippen LogP contribution >= 0.6 is 0 Å². The molecule has 2 heteroatoms. The molecule has 2 nitrogen and oxygen atoms in total. The van der Waals surface area contributed by atoms with Gasteiger partial charge in [0, 0.05) is 6.92 Å². The molecule has 0 saturated carbocycles. The van der Waals surface area contributed by atoms with E-state index in [2.05, 4.69) is 0 Å². The predicted octanol–water partition coefficient (Wildman–Crippen LogP) is 2.90. The summed E-state index contributed by atoms with van der Waals surface area (Å²) in [5.74, 6) is -0.252. The number of rotatable bonds is 3. The lowest BCUT2D eigenvalue weighted by atomic mass is 10.2. The van der Waals surface area contributed by atoms with Gasteiger partial charge in [0.1, 0.15) is 6.61 Å². The van der Waals surface area contributed by atoms with Gasteiger partial charge in [0.25, 0.3) is 0 Å². The average molecular weight is 192 g/mol. The summed E-state index contributed by atoms with van der Waals surface area (Å²) in [6.45, 7) is 1.74. The van der Waals surface area contributed by atoms with Crippen molar-refractivity contribution >= 4 is 12.0 Å². The second-order valence-electron chi connectivity index (χ2n) is 2.62. The van der Waals surface area contributed by atoms with E-state index in [-0.39, 0.29) is 13.4 Å². The predicted molar refractivity (Wildman–Crippen MR) is 58.8 cm³/mol. The zero-order valence-corrected chi connectivity index (χ0v) is 7.57. The molecule has 0 atom stereocenters. The van der Waals surface area contributed by atoms with Gasteiger partial charge in [-0.15, -0.1) is 0 Å². The summed E-state index contributed by atoms with van der Waals surface area (Å²) in [5.41, 5.74) is 1.11. The maximum Gasteiger partial charge on any atom is 0.302 e. The highest BCUT2D eigenvalue weighted by molar-refractivity contribution is 5.66. The van der Waals surface area contributed by atoms with Gasteiger partial charge in [-0.3, -0.25) is 4.79 Å². The van der Waals surface area contributed by atoms with Gasteiger partial charge < -0.3 is 4.74 Å². The van der Waals surface area contributed by atoms with Crippen LogP contribution in [0.4, 0.5) is 0 Å². The highest BCUT2D eigenvalue weighted by Gasteiger charge is 1.87. The van der Waals surface area contributed by atoms with Gasteiger partial charge in [-0.05, 0) is 11.6 Å². The summed E-state index contributed by atoms with van der Waals surface area (Å²) < 4.78 is 4.74. The zero-order valence-electron chi connectivity index (χ0n) is 7.57. The van der Waals surface area contributed by atoms with Crippen molar-refractivity contribution in [3.05, 3.63) is 42.0 Å². The zero-order chi connectivity index (χ0) is 9.52. The highest BCUT2D eigenvalue weighted by atomic mass is 16.5. The van der Waals surface area contributed by atoms with Crippen LogP contribution in [0.15, 0.2) is 36.4 Å². The number of ether oxygens (including phenoxy) is 1. The van der Waals surface area contributed by atoms with E-state index < -0.39 is 0 Å². The normalized spacial score (nSPS) is 9.50. The maximum atomic E-state index is 10.4. The quantitative estimate of drug-likeness (QED) is 0.688. The molecule has 0 spiro atoms. The number of carbonyl (C=O) groups excluding carboxylic acids is 1. The molecule has 1 aromatic carbocycles. The molecule has 0 aliphatic rings. The summed E-state index contributed by atoms with van der Waals surface area (Å²) in [6.07, 6.45) is 3.74. The van der Waals surface area contributed by atoms with E-state index in [1.807, 2.05) is 42.5 Å². The third-order valence-corrected chi connectivity index (χ3v) is 1.49. The van der Waals surface area contributed by atoms with Crippen LogP contribution in [0.3, 0.4) is 0 Å². The van der Waals surface area contributed by atoms with E-state index in [4.69, 9.17) is 4.74 Å². The molecule has 0 N–H and O–H groups in total. The second kappa shape index (κ2) is 6.89. The summed E-state index contributed by atoms with van der Waals surface area (Å²) in [5, 5.41) is 0. The van der Waals surface area contributed by atoms with E-state index in [1.165, 1.54) is 6.92 Å². The van der Waals surface area contributed by atoms with Gasteiger partial charge in [0.05, 0.1) is 0 Å². The van der Waals surface area contributed by atoms with Crippen LogP contribution in [-0.4, -0.2) is 12.6 Å². The fourth-order valence-electron chi connectivity index (χ4n) is 0.914. The van der Waals surface area contributed by atoms with Crippen LogP contribution in [0.5, 0.6) is 0 Å². The first kappa shape index (κ1) is 12.4. The topological polar surface area (TPSA) is 26.3 Å². The van der Waals surface area contributed by atoms with E-state index in [0.29, 0.717) is 6.61 Å². The van der Waals surface area contributed by atoms with E-state index >= 15 is 0 Å². The Labute approximate surface area is 85.2 Å². The van der Waals surface area contributed by atoms with Crippen molar-refractivity contribution < 1.29 is 9.53 Å². The van der Waals surface area contributed by atoms with Gasteiger partial charge in [-0.2, -0.15) is 0 Å². The number of benzene rings is 1. The Hall–Kier alpha value is -1.57. The lowest BCUT2D eigenvalue weighted by Crippen LogP contribution is -1.97. The smallest absolute Gasteiger partial charge is 0.302 e. The molecule has 0 aliphatic heterocycles. The molecule has 0 aromatic heterocycles. The molecular formula is C12H16O2. The molecule has 0 heterocycles. The van der Waals surface area contributed by atoms with Crippen LogP contribution < -0.4 is 0 Å². The average Bonchev–Trinajstić information content (AvgIpc) is 2.14. The van der Waals surface area contributed by atoms with Crippen LogP contribution in [-0.2, 0) is 9.53 Å². The molecule has 0 fully saturated rings. The third-order valence-electron chi connectivity index (χ3n) is 1.49. The van der Waals surface area contributed by atoms with Gasteiger partial charge in [-0.1, -0.05) is 43.8 Å². The first-order valence-electron chi connectivity index (χ1n) is 4.14. The molecule has 0 unspecified atom stereocenters. The fourth-order valence-corrected chi connectivity index (χ4v) is 0.914. The number of hydrogen-bond donors (Lipinski definition) is 0. The summed E-state index contributed by atoms with van der Waals surface area (Å²) in [6, 6.07) is 9.87. The minimum atomic E-state index is -0.252. The Morgan fingerprint density at radius 1 is 1.36 bits per heavy atom. The first-order valence-corrected chi connectivity index (χ1v) is 4.14. The molecule has 14 heavy (non-hydrogen) atoms. The molecule has 0 aliphatic carbocycles. The largest absolute Gasteiger partial charge is 0.462 e. The van der Waals surface area contributed by atoms with Crippen molar-refractivity contribution in [3.8, 4) is 0 Å². The summed E-state index contributed by atoms with van der Waals surface area (Å²) in [4.78, 5) is 10.4. The Bertz CT molecular complexity index is 288. The maximum absolute atomic E-state index is 10.4. The van der Waals surface area contributed by atoms with Gasteiger partial charge >= 0.3 is 5.97 Å². The van der Waals surface area contributed by atoms with Crippen LogP contribution in [0.1, 0.15) is 19.9 Å². The molecule has 0 amide bonds. The van der Waals surface area contributed by atoms with Crippen LogP contribution in [0.2, 0.25) is 0 Å². The molecule has 76 valence electrons. The lowest BCUT2D eigenvalue weighted by Gasteiger charge is -1.94.